The van der Waals surface area contributed by atoms with Crippen molar-refractivity contribution in [2.75, 3.05) is 18.7 Å². The standard InChI is InChI=1S/C14H15N3O4/c18-14(15-5-1-2-10-7-16-21-8-10)17-11-3-4-12-13(6-11)20-9-19-12/h3-4,6-8H,1-2,5,9H2,(H2,15,17,18). The molecule has 2 heterocycles. The van der Waals surface area contributed by atoms with Crippen LogP contribution in [0.3, 0.4) is 0 Å². The molecule has 2 N–H and O–H groups in total. The zero-order chi connectivity index (χ0) is 14.5. The van der Waals surface area contributed by atoms with Crippen LogP contribution in [-0.4, -0.2) is 24.5 Å². The predicted octanol–water partition coefficient (Wildman–Crippen LogP) is 2.16. The van der Waals surface area contributed by atoms with Gasteiger partial charge in [0.25, 0.3) is 0 Å². The summed E-state index contributed by atoms with van der Waals surface area (Å²) < 4.78 is 15.2. The van der Waals surface area contributed by atoms with Gasteiger partial charge in [-0.15, -0.1) is 0 Å². The van der Waals surface area contributed by atoms with Gasteiger partial charge >= 0.3 is 6.03 Å². The van der Waals surface area contributed by atoms with Crippen molar-refractivity contribution in [2.45, 2.75) is 12.8 Å². The molecule has 1 aliphatic heterocycles. The van der Waals surface area contributed by atoms with Gasteiger partial charge in [-0.05, 0) is 25.0 Å². The normalized spacial score (nSPS) is 12.2. The van der Waals surface area contributed by atoms with Gasteiger partial charge in [-0.3, -0.25) is 0 Å². The fraction of sp³-hybridized carbons (Fsp3) is 0.286. The third-order valence-electron chi connectivity index (χ3n) is 3.04. The summed E-state index contributed by atoms with van der Waals surface area (Å²) in [5.74, 6) is 1.33. The average molecular weight is 289 g/mol. The highest BCUT2D eigenvalue weighted by Crippen LogP contribution is 2.34. The Morgan fingerprint density at radius 1 is 1.29 bits per heavy atom. The first-order valence-corrected chi connectivity index (χ1v) is 6.64. The number of benzene rings is 1. The first kappa shape index (κ1) is 13.3. The molecule has 1 aromatic carbocycles. The number of amides is 2. The second kappa shape index (κ2) is 6.17. The van der Waals surface area contributed by atoms with Gasteiger partial charge in [0.1, 0.15) is 6.26 Å². The van der Waals surface area contributed by atoms with Crippen LogP contribution in [0.4, 0.5) is 10.5 Å². The molecule has 0 fully saturated rings. The molecule has 0 atom stereocenters. The van der Waals surface area contributed by atoms with Gasteiger partial charge in [0.2, 0.25) is 6.79 Å². The largest absolute Gasteiger partial charge is 0.454 e. The molecule has 7 nitrogen and oxygen atoms in total. The summed E-state index contributed by atoms with van der Waals surface area (Å²) in [6.45, 7) is 0.787. The number of hydrogen-bond acceptors (Lipinski definition) is 5. The molecule has 7 heteroatoms. The van der Waals surface area contributed by atoms with Crippen LogP contribution in [0, 0.1) is 0 Å². The van der Waals surface area contributed by atoms with E-state index in [-0.39, 0.29) is 12.8 Å². The molecule has 3 rings (SSSR count). The Balaban J connectivity index is 1.41. The fourth-order valence-electron chi connectivity index (χ4n) is 1.99. The predicted molar refractivity (Wildman–Crippen MR) is 74.4 cm³/mol. The third kappa shape index (κ3) is 3.44. The number of carbonyl (C=O) groups is 1. The number of aryl methyl sites for hydroxylation is 1. The average Bonchev–Trinajstić information content (AvgIpc) is 3.14. The number of nitrogens with one attached hydrogen (secondary N) is 2. The lowest BCUT2D eigenvalue weighted by molar-refractivity contribution is 0.174. The summed E-state index contributed by atoms with van der Waals surface area (Å²) in [4.78, 5) is 11.7. The molecule has 0 spiro atoms. The Morgan fingerprint density at radius 3 is 3.05 bits per heavy atom. The van der Waals surface area contributed by atoms with Crippen molar-refractivity contribution in [2.24, 2.45) is 0 Å². The summed E-state index contributed by atoms with van der Waals surface area (Å²) in [5, 5.41) is 9.16. The van der Waals surface area contributed by atoms with Crippen LogP contribution >= 0.6 is 0 Å². The minimum Gasteiger partial charge on any atom is -0.454 e. The minimum atomic E-state index is -0.251. The van der Waals surface area contributed by atoms with E-state index in [9.17, 15) is 4.79 Å². The highest BCUT2D eigenvalue weighted by Gasteiger charge is 2.13. The summed E-state index contributed by atoms with van der Waals surface area (Å²) in [6, 6.07) is 5.02. The number of ether oxygens (including phenoxy) is 2. The molecular weight excluding hydrogens is 274 g/mol. The number of aromatic nitrogens is 1. The minimum absolute atomic E-state index is 0.216. The van der Waals surface area contributed by atoms with Crippen LogP contribution in [0.15, 0.2) is 35.2 Å². The van der Waals surface area contributed by atoms with Crippen LogP contribution in [0.5, 0.6) is 11.5 Å². The van der Waals surface area contributed by atoms with Crippen molar-refractivity contribution in [3.05, 3.63) is 36.2 Å². The van der Waals surface area contributed by atoms with Crippen LogP contribution < -0.4 is 20.1 Å². The Kier molecular flexibility index (Phi) is 3.90. The SMILES string of the molecule is O=C(NCCCc1cnoc1)Nc1ccc2c(c1)OCO2. The second-order valence-corrected chi connectivity index (χ2v) is 4.59. The van der Waals surface area contributed by atoms with Gasteiger partial charge < -0.3 is 24.6 Å². The van der Waals surface area contributed by atoms with Crippen molar-refractivity contribution >= 4 is 11.7 Å². The maximum atomic E-state index is 11.7. The Bertz CT molecular complexity index is 613. The molecule has 0 radical (unpaired) electrons. The number of urea groups is 1. The van der Waals surface area contributed by atoms with Gasteiger partial charge in [0.05, 0.1) is 6.20 Å². The van der Waals surface area contributed by atoms with Crippen LogP contribution in [0.25, 0.3) is 0 Å². The number of hydrogen-bond donors (Lipinski definition) is 2. The maximum absolute atomic E-state index is 11.7. The molecule has 110 valence electrons. The monoisotopic (exact) mass is 289 g/mol. The summed E-state index contributed by atoms with van der Waals surface area (Å²) in [6.07, 6.45) is 4.91. The van der Waals surface area contributed by atoms with Crippen LogP contribution in [-0.2, 0) is 6.42 Å². The number of rotatable bonds is 5. The maximum Gasteiger partial charge on any atom is 0.319 e. The van der Waals surface area contributed by atoms with E-state index in [1.807, 2.05) is 0 Å². The van der Waals surface area contributed by atoms with E-state index in [0.717, 1.165) is 18.4 Å². The Morgan fingerprint density at radius 2 is 2.19 bits per heavy atom. The van der Waals surface area contributed by atoms with Gasteiger partial charge in [0.15, 0.2) is 11.5 Å². The molecule has 0 unspecified atom stereocenters. The van der Waals surface area contributed by atoms with E-state index in [1.165, 1.54) is 0 Å². The molecule has 0 bridgehead atoms. The van der Waals surface area contributed by atoms with Crippen molar-refractivity contribution in [1.29, 1.82) is 0 Å². The number of anilines is 1. The van der Waals surface area contributed by atoms with Crippen LogP contribution in [0.2, 0.25) is 0 Å². The topological polar surface area (TPSA) is 85.6 Å². The molecule has 2 amide bonds. The van der Waals surface area contributed by atoms with E-state index in [0.29, 0.717) is 23.7 Å². The lowest BCUT2D eigenvalue weighted by Gasteiger charge is -2.07. The Hall–Kier alpha value is -2.70. The molecule has 0 saturated heterocycles. The van der Waals surface area contributed by atoms with E-state index >= 15 is 0 Å². The van der Waals surface area contributed by atoms with E-state index in [2.05, 4.69) is 15.8 Å². The van der Waals surface area contributed by atoms with Gasteiger partial charge in [-0.1, -0.05) is 5.16 Å². The van der Waals surface area contributed by atoms with Crippen LogP contribution in [0.1, 0.15) is 12.0 Å². The zero-order valence-electron chi connectivity index (χ0n) is 11.3. The quantitative estimate of drug-likeness (QED) is 0.824. The third-order valence-corrected chi connectivity index (χ3v) is 3.04. The smallest absolute Gasteiger partial charge is 0.319 e. The number of fused-ring (bicyclic) bond motifs is 1. The number of nitrogens with zero attached hydrogens (tertiary/aromatic N) is 1. The summed E-state index contributed by atoms with van der Waals surface area (Å²) in [7, 11) is 0. The highest BCUT2D eigenvalue weighted by molar-refractivity contribution is 5.89. The zero-order valence-corrected chi connectivity index (χ0v) is 11.3. The summed E-state index contributed by atoms with van der Waals surface area (Å²) in [5.41, 5.74) is 1.68. The molecule has 0 aliphatic carbocycles. The molecule has 2 aromatic rings. The van der Waals surface area contributed by atoms with E-state index in [1.54, 1.807) is 30.7 Å². The lowest BCUT2D eigenvalue weighted by atomic mass is 10.2. The van der Waals surface area contributed by atoms with E-state index < -0.39 is 0 Å². The van der Waals surface area contributed by atoms with Gasteiger partial charge in [0, 0.05) is 23.9 Å². The molecule has 21 heavy (non-hydrogen) atoms. The fourth-order valence-corrected chi connectivity index (χ4v) is 1.99. The highest BCUT2D eigenvalue weighted by atomic mass is 16.7. The van der Waals surface area contributed by atoms with Gasteiger partial charge in [-0.25, -0.2) is 4.79 Å². The van der Waals surface area contributed by atoms with Crippen molar-refractivity contribution in [3.63, 3.8) is 0 Å². The van der Waals surface area contributed by atoms with E-state index in [4.69, 9.17) is 14.0 Å². The summed E-state index contributed by atoms with van der Waals surface area (Å²) >= 11 is 0. The first-order valence-electron chi connectivity index (χ1n) is 6.64. The van der Waals surface area contributed by atoms with Crippen molar-refractivity contribution in [1.82, 2.24) is 10.5 Å². The lowest BCUT2D eigenvalue weighted by Crippen LogP contribution is -2.29. The molecular formula is C14H15N3O4. The molecule has 1 aromatic heterocycles. The Labute approximate surface area is 121 Å². The molecule has 0 saturated carbocycles. The second-order valence-electron chi connectivity index (χ2n) is 4.59. The first-order chi connectivity index (χ1) is 10.3. The van der Waals surface area contributed by atoms with Crippen molar-refractivity contribution in [3.8, 4) is 11.5 Å². The number of carbonyl (C=O) groups excluding carboxylic acids is 1. The van der Waals surface area contributed by atoms with Gasteiger partial charge in [-0.2, -0.15) is 0 Å². The van der Waals surface area contributed by atoms with Crippen molar-refractivity contribution < 1.29 is 18.8 Å². The molecule has 1 aliphatic rings.